The molecule has 8 heteroatoms. The number of pyridine rings is 1. The third-order valence-electron chi connectivity index (χ3n) is 2.76. The van der Waals surface area contributed by atoms with Crippen LogP contribution in [0.2, 0.25) is 0 Å². The molecule has 1 aromatic heterocycles. The Balaban J connectivity index is 2.74. The highest BCUT2D eigenvalue weighted by atomic mass is 16.5. The zero-order valence-corrected chi connectivity index (χ0v) is 13.0. The number of hydrogen-bond acceptors (Lipinski definition) is 5. The number of likely N-dealkylation sites (N-methyl/N-ethyl adjacent to an activating group) is 1. The van der Waals surface area contributed by atoms with Gasteiger partial charge in [-0.05, 0) is 33.0 Å². The standard InChI is InChI=1S/C14H22N4O4/c1-4-22-12(19)9-18-7-5-6-11(13(18)20)17-14(21)16-10(2)8-15-3/h5-7,10,15H,4,8-9H2,1-3H3,(H2,16,17,21). The van der Waals surface area contributed by atoms with Crippen molar-refractivity contribution in [1.82, 2.24) is 15.2 Å². The van der Waals surface area contributed by atoms with Gasteiger partial charge in [-0.1, -0.05) is 0 Å². The average molecular weight is 310 g/mol. The van der Waals surface area contributed by atoms with Crippen molar-refractivity contribution in [3.05, 3.63) is 28.7 Å². The minimum Gasteiger partial charge on any atom is -0.465 e. The van der Waals surface area contributed by atoms with Gasteiger partial charge >= 0.3 is 12.0 Å². The first-order valence-corrected chi connectivity index (χ1v) is 7.05. The van der Waals surface area contributed by atoms with Crippen molar-refractivity contribution >= 4 is 17.7 Å². The summed E-state index contributed by atoms with van der Waals surface area (Å²) in [6, 6.07) is 2.49. The van der Waals surface area contributed by atoms with Crippen LogP contribution in [0.3, 0.4) is 0 Å². The molecule has 0 radical (unpaired) electrons. The molecule has 0 fully saturated rings. The minimum absolute atomic E-state index is 0.0875. The Morgan fingerprint density at radius 3 is 2.77 bits per heavy atom. The van der Waals surface area contributed by atoms with Crippen LogP contribution in [0.25, 0.3) is 0 Å². The van der Waals surface area contributed by atoms with E-state index in [1.54, 1.807) is 20.0 Å². The van der Waals surface area contributed by atoms with E-state index in [1.165, 1.54) is 16.8 Å². The van der Waals surface area contributed by atoms with Gasteiger partial charge in [0.2, 0.25) is 0 Å². The van der Waals surface area contributed by atoms with Crippen LogP contribution in [0.1, 0.15) is 13.8 Å². The van der Waals surface area contributed by atoms with Crippen molar-refractivity contribution < 1.29 is 14.3 Å². The smallest absolute Gasteiger partial charge is 0.326 e. The lowest BCUT2D eigenvalue weighted by Gasteiger charge is -2.14. The Morgan fingerprint density at radius 1 is 1.41 bits per heavy atom. The maximum Gasteiger partial charge on any atom is 0.326 e. The molecule has 1 unspecified atom stereocenters. The van der Waals surface area contributed by atoms with E-state index in [1.807, 2.05) is 6.92 Å². The third-order valence-corrected chi connectivity index (χ3v) is 2.76. The Kier molecular flexibility index (Phi) is 7.11. The van der Waals surface area contributed by atoms with Crippen molar-refractivity contribution in [2.75, 3.05) is 25.5 Å². The minimum atomic E-state index is -0.506. The average Bonchev–Trinajstić information content (AvgIpc) is 2.43. The molecule has 0 saturated carbocycles. The van der Waals surface area contributed by atoms with Crippen molar-refractivity contribution in [3.63, 3.8) is 0 Å². The van der Waals surface area contributed by atoms with Crippen LogP contribution in [0.4, 0.5) is 10.5 Å². The molecule has 122 valence electrons. The fraction of sp³-hybridized carbons (Fsp3) is 0.500. The zero-order valence-electron chi connectivity index (χ0n) is 13.0. The second kappa shape index (κ2) is 8.83. The molecule has 0 aliphatic rings. The molecule has 0 bridgehead atoms. The van der Waals surface area contributed by atoms with Crippen LogP contribution in [-0.2, 0) is 16.1 Å². The molecular formula is C14H22N4O4. The fourth-order valence-electron chi connectivity index (χ4n) is 1.84. The van der Waals surface area contributed by atoms with Crippen molar-refractivity contribution in [1.29, 1.82) is 0 Å². The van der Waals surface area contributed by atoms with Gasteiger partial charge in [0.1, 0.15) is 12.2 Å². The lowest BCUT2D eigenvalue weighted by atomic mass is 10.3. The van der Waals surface area contributed by atoms with Crippen molar-refractivity contribution in [2.45, 2.75) is 26.4 Å². The number of rotatable bonds is 7. The van der Waals surface area contributed by atoms with Crippen molar-refractivity contribution in [3.8, 4) is 0 Å². The van der Waals surface area contributed by atoms with E-state index in [4.69, 9.17) is 4.74 Å². The molecule has 0 spiro atoms. The summed E-state index contributed by atoms with van der Waals surface area (Å²) in [6.07, 6.45) is 1.46. The number of nitrogens with one attached hydrogen (secondary N) is 3. The molecule has 0 aliphatic heterocycles. The zero-order chi connectivity index (χ0) is 16.5. The summed E-state index contributed by atoms with van der Waals surface area (Å²) in [4.78, 5) is 35.4. The molecule has 0 aliphatic carbocycles. The van der Waals surface area contributed by atoms with Crippen LogP contribution in [0, 0.1) is 0 Å². The van der Waals surface area contributed by atoms with Gasteiger partial charge in [-0.15, -0.1) is 0 Å². The number of esters is 1. The van der Waals surface area contributed by atoms with E-state index in [0.29, 0.717) is 6.54 Å². The fourth-order valence-corrected chi connectivity index (χ4v) is 1.84. The monoisotopic (exact) mass is 310 g/mol. The van der Waals surface area contributed by atoms with Crippen molar-refractivity contribution in [2.24, 2.45) is 0 Å². The number of carbonyl (C=O) groups is 2. The predicted octanol–water partition coefficient (Wildman–Crippen LogP) is 0.141. The van der Waals surface area contributed by atoms with Gasteiger partial charge in [-0.25, -0.2) is 4.79 Å². The summed E-state index contributed by atoms with van der Waals surface area (Å²) >= 11 is 0. The summed E-state index contributed by atoms with van der Waals surface area (Å²) < 4.78 is 5.98. The molecule has 1 atom stereocenters. The highest BCUT2D eigenvalue weighted by molar-refractivity contribution is 5.89. The van der Waals surface area contributed by atoms with Crippen LogP contribution in [0.5, 0.6) is 0 Å². The first-order valence-electron chi connectivity index (χ1n) is 7.05. The Labute approximate surface area is 128 Å². The lowest BCUT2D eigenvalue weighted by Crippen LogP contribution is -2.42. The molecular weight excluding hydrogens is 288 g/mol. The summed E-state index contributed by atoms with van der Waals surface area (Å²) in [5.41, 5.74) is -0.368. The molecule has 2 amide bonds. The van der Waals surface area contributed by atoms with Gasteiger partial charge in [0.15, 0.2) is 0 Å². The predicted molar refractivity (Wildman–Crippen MR) is 82.9 cm³/mol. The number of urea groups is 1. The van der Waals surface area contributed by atoms with Gasteiger partial charge in [0.05, 0.1) is 6.61 Å². The number of hydrogen-bond donors (Lipinski definition) is 3. The third kappa shape index (κ3) is 5.57. The summed E-state index contributed by atoms with van der Waals surface area (Å²) in [5.74, 6) is -0.506. The molecule has 1 aromatic rings. The number of aromatic nitrogens is 1. The number of carbonyl (C=O) groups excluding carboxylic acids is 2. The van der Waals surface area contributed by atoms with Gasteiger partial charge < -0.3 is 25.3 Å². The van der Waals surface area contributed by atoms with E-state index in [2.05, 4.69) is 16.0 Å². The highest BCUT2D eigenvalue weighted by Crippen LogP contribution is 1.99. The Bertz CT molecular complexity index is 570. The van der Waals surface area contributed by atoms with Gasteiger partial charge in [-0.2, -0.15) is 0 Å². The van der Waals surface area contributed by atoms with E-state index in [-0.39, 0.29) is 24.9 Å². The topological polar surface area (TPSA) is 101 Å². The molecule has 0 saturated heterocycles. The van der Waals surface area contributed by atoms with Crippen LogP contribution < -0.4 is 21.5 Å². The first kappa shape index (κ1) is 17.7. The second-order valence-corrected chi connectivity index (χ2v) is 4.72. The molecule has 22 heavy (non-hydrogen) atoms. The maximum atomic E-state index is 12.2. The van der Waals surface area contributed by atoms with E-state index in [0.717, 1.165) is 0 Å². The maximum absolute atomic E-state index is 12.2. The number of anilines is 1. The van der Waals surface area contributed by atoms with E-state index < -0.39 is 17.6 Å². The van der Waals surface area contributed by atoms with Gasteiger partial charge in [0.25, 0.3) is 5.56 Å². The molecule has 0 aromatic carbocycles. The summed E-state index contributed by atoms with van der Waals surface area (Å²) in [5, 5.41) is 8.10. The number of amides is 2. The lowest BCUT2D eigenvalue weighted by molar-refractivity contribution is -0.143. The van der Waals surface area contributed by atoms with Crippen LogP contribution in [-0.4, -0.2) is 42.8 Å². The quantitative estimate of drug-likeness (QED) is 0.622. The van der Waals surface area contributed by atoms with Crippen LogP contribution in [0.15, 0.2) is 23.1 Å². The first-order chi connectivity index (χ1) is 10.5. The molecule has 1 heterocycles. The molecule has 8 nitrogen and oxygen atoms in total. The number of ether oxygens (including phenoxy) is 1. The SMILES string of the molecule is CCOC(=O)Cn1cccc(NC(=O)NC(C)CNC)c1=O. The van der Waals surface area contributed by atoms with Gasteiger partial charge in [-0.3, -0.25) is 9.59 Å². The summed E-state index contributed by atoms with van der Waals surface area (Å²) in [7, 11) is 1.78. The van der Waals surface area contributed by atoms with E-state index in [9.17, 15) is 14.4 Å². The normalized spacial score (nSPS) is 11.6. The Morgan fingerprint density at radius 2 is 2.14 bits per heavy atom. The number of nitrogens with zero attached hydrogens (tertiary/aromatic N) is 1. The van der Waals surface area contributed by atoms with Crippen LogP contribution >= 0.6 is 0 Å². The van der Waals surface area contributed by atoms with Gasteiger partial charge in [0, 0.05) is 18.8 Å². The largest absolute Gasteiger partial charge is 0.465 e. The summed E-state index contributed by atoms with van der Waals surface area (Å²) in [6.45, 7) is 4.18. The van der Waals surface area contributed by atoms with E-state index >= 15 is 0 Å². The molecule has 3 N–H and O–H groups in total. The highest BCUT2D eigenvalue weighted by Gasteiger charge is 2.11. The Hall–Kier alpha value is -2.35. The second-order valence-electron chi connectivity index (χ2n) is 4.72. The molecule has 1 rings (SSSR count).